The van der Waals surface area contributed by atoms with Crippen LogP contribution in [0.1, 0.15) is 23.2 Å². The first-order chi connectivity index (χ1) is 7.89. The van der Waals surface area contributed by atoms with Gasteiger partial charge >= 0.3 is 5.97 Å². The summed E-state index contributed by atoms with van der Waals surface area (Å²) < 4.78 is 24.5. The van der Waals surface area contributed by atoms with Crippen molar-refractivity contribution < 1.29 is 18.3 Å². The second-order valence-electron chi connectivity index (χ2n) is 4.00. The van der Waals surface area contributed by atoms with Crippen LogP contribution in [0.5, 0.6) is 0 Å². The highest BCUT2D eigenvalue weighted by atomic mass is 32.2. The Bertz CT molecular complexity index is 534. The van der Waals surface area contributed by atoms with Gasteiger partial charge in [0, 0.05) is 12.2 Å². The molecular formula is C10H12N2O4S. The van der Waals surface area contributed by atoms with Gasteiger partial charge < -0.3 is 5.11 Å². The number of nitrogens with zero attached hydrogens (tertiary/aromatic N) is 2. The molecule has 1 aliphatic carbocycles. The van der Waals surface area contributed by atoms with Crippen molar-refractivity contribution in [3.63, 3.8) is 0 Å². The third kappa shape index (κ3) is 2.55. The van der Waals surface area contributed by atoms with E-state index in [4.69, 9.17) is 5.11 Å². The molecule has 0 unspecified atom stereocenters. The number of pyridine rings is 1. The zero-order valence-corrected chi connectivity index (χ0v) is 10.0. The van der Waals surface area contributed by atoms with Gasteiger partial charge in [0.15, 0.2) is 0 Å². The van der Waals surface area contributed by atoms with E-state index in [0.717, 1.165) is 25.3 Å². The summed E-state index contributed by atoms with van der Waals surface area (Å²) in [7, 11) is -3.36. The number of hydrogen-bond donors (Lipinski definition) is 1. The number of carboxylic acids is 1. The Labute approximate surface area is 98.9 Å². The molecule has 0 radical (unpaired) electrons. The molecule has 0 amide bonds. The van der Waals surface area contributed by atoms with Gasteiger partial charge in [-0.3, -0.25) is 4.31 Å². The van der Waals surface area contributed by atoms with Crippen molar-refractivity contribution in [2.45, 2.75) is 18.9 Å². The van der Waals surface area contributed by atoms with Crippen LogP contribution < -0.4 is 4.31 Å². The Morgan fingerprint density at radius 3 is 2.47 bits per heavy atom. The van der Waals surface area contributed by atoms with Crippen LogP contribution in [0.3, 0.4) is 0 Å². The first-order valence-electron chi connectivity index (χ1n) is 5.08. The fraction of sp³-hybridized carbons (Fsp3) is 0.400. The van der Waals surface area contributed by atoms with Gasteiger partial charge in [-0.15, -0.1) is 0 Å². The largest absolute Gasteiger partial charge is 0.478 e. The predicted octanol–water partition coefficient (Wildman–Crippen LogP) is 0.708. The predicted molar refractivity (Wildman–Crippen MR) is 61.5 cm³/mol. The van der Waals surface area contributed by atoms with E-state index in [1.54, 1.807) is 0 Å². The standard InChI is InChI=1S/C10H12N2O4S/c1-17(15,16)12(8-3-4-8)9-5-2-7(6-11-9)10(13)14/h2,5-6,8H,3-4H2,1H3,(H,13,14). The van der Waals surface area contributed by atoms with Crippen LogP contribution in [0.4, 0.5) is 5.82 Å². The third-order valence-electron chi connectivity index (χ3n) is 2.46. The van der Waals surface area contributed by atoms with Crippen LogP contribution in [0.25, 0.3) is 0 Å². The summed E-state index contributed by atoms with van der Waals surface area (Å²) in [5, 5.41) is 8.72. The molecule has 1 N–H and O–H groups in total. The molecule has 1 aromatic heterocycles. The SMILES string of the molecule is CS(=O)(=O)N(c1ccc(C(=O)O)cn1)C1CC1. The second kappa shape index (κ2) is 3.99. The maximum atomic E-state index is 11.6. The molecule has 1 aliphatic rings. The average molecular weight is 256 g/mol. The molecule has 0 aromatic carbocycles. The number of hydrogen-bond acceptors (Lipinski definition) is 4. The molecule has 0 atom stereocenters. The van der Waals surface area contributed by atoms with E-state index < -0.39 is 16.0 Å². The molecule has 7 heteroatoms. The van der Waals surface area contributed by atoms with Crippen LogP contribution >= 0.6 is 0 Å². The van der Waals surface area contributed by atoms with E-state index in [1.807, 2.05) is 0 Å². The Hall–Kier alpha value is -1.63. The number of carboxylic acid groups (broad SMARTS) is 1. The lowest BCUT2D eigenvalue weighted by Gasteiger charge is -2.20. The normalized spacial score (nSPS) is 15.6. The lowest BCUT2D eigenvalue weighted by atomic mass is 10.3. The monoisotopic (exact) mass is 256 g/mol. The van der Waals surface area contributed by atoms with E-state index in [1.165, 1.54) is 16.4 Å². The van der Waals surface area contributed by atoms with Crippen LogP contribution in [-0.2, 0) is 10.0 Å². The molecule has 17 heavy (non-hydrogen) atoms. The molecule has 0 aliphatic heterocycles. The number of sulfonamides is 1. The Morgan fingerprint density at radius 1 is 1.47 bits per heavy atom. The van der Waals surface area contributed by atoms with Gasteiger partial charge in [-0.2, -0.15) is 0 Å². The number of aromatic nitrogens is 1. The highest BCUT2D eigenvalue weighted by Crippen LogP contribution is 2.32. The minimum Gasteiger partial charge on any atom is -0.478 e. The summed E-state index contributed by atoms with van der Waals surface area (Å²) in [6.45, 7) is 0. The van der Waals surface area contributed by atoms with E-state index >= 15 is 0 Å². The molecular weight excluding hydrogens is 244 g/mol. The van der Waals surface area contributed by atoms with Gasteiger partial charge in [-0.05, 0) is 25.0 Å². The summed E-state index contributed by atoms with van der Waals surface area (Å²) in [5.74, 6) is -0.804. The second-order valence-corrected chi connectivity index (χ2v) is 5.86. The van der Waals surface area contributed by atoms with Crippen molar-refractivity contribution >= 4 is 21.8 Å². The molecule has 92 valence electrons. The van der Waals surface area contributed by atoms with Crippen LogP contribution in [0.2, 0.25) is 0 Å². The Kier molecular flexibility index (Phi) is 2.78. The van der Waals surface area contributed by atoms with Gasteiger partial charge in [0.2, 0.25) is 10.0 Å². The summed E-state index contributed by atoms with van der Waals surface area (Å²) in [6, 6.07) is 2.74. The molecule has 1 fully saturated rings. The van der Waals surface area contributed by atoms with Gasteiger partial charge in [-0.1, -0.05) is 0 Å². The number of aromatic carboxylic acids is 1. The zero-order valence-electron chi connectivity index (χ0n) is 9.20. The topological polar surface area (TPSA) is 87.6 Å². The fourth-order valence-electron chi connectivity index (χ4n) is 1.58. The van der Waals surface area contributed by atoms with E-state index in [2.05, 4.69) is 4.98 Å². The van der Waals surface area contributed by atoms with Gasteiger partial charge in [0.05, 0.1) is 11.8 Å². The van der Waals surface area contributed by atoms with Crippen LogP contribution in [-0.4, -0.2) is 36.8 Å². The molecule has 0 bridgehead atoms. The first kappa shape index (κ1) is 11.8. The fourth-order valence-corrected chi connectivity index (χ4v) is 2.78. The lowest BCUT2D eigenvalue weighted by molar-refractivity contribution is 0.0696. The van der Waals surface area contributed by atoms with E-state index in [0.29, 0.717) is 0 Å². The Balaban J connectivity index is 2.34. The van der Waals surface area contributed by atoms with Gasteiger partial charge in [0.25, 0.3) is 0 Å². The average Bonchev–Trinajstić information content (AvgIpc) is 3.01. The van der Waals surface area contributed by atoms with Crippen molar-refractivity contribution in [2.24, 2.45) is 0 Å². The molecule has 0 spiro atoms. The molecule has 1 saturated carbocycles. The summed E-state index contributed by atoms with van der Waals surface area (Å²) in [5.41, 5.74) is 0.0398. The third-order valence-corrected chi connectivity index (χ3v) is 3.66. The van der Waals surface area contributed by atoms with Crippen molar-refractivity contribution in [2.75, 3.05) is 10.6 Å². The number of anilines is 1. The molecule has 2 rings (SSSR count). The summed E-state index contributed by atoms with van der Waals surface area (Å²) in [6.07, 6.45) is 3.92. The van der Waals surface area contributed by atoms with Crippen molar-refractivity contribution in [3.8, 4) is 0 Å². The van der Waals surface area contributed by atoms with E-state index in [-0.39, 0.29) is 17.4 Å². The maximum Gasteiger partial charge on any atom is 0.337 e. The molecule has 0 saturated heterocycles. The molecule has 1 aromatic rings. The minimum atomic E-state index is -3.36. The smallest absolute Gasteiger partial charge is 0.337 e. The van der Waals surface area contributed by atoms with Crippen molar-refractivity contribution in [3.05, 3.63) is 23.9 Å². The van der Waals surface area contributed by atoms with Gasteiger partial charge in [0.1, 0.15) is 5.82 Å². The lowest BCUT2D eigenvalue weighted by Crippen LogP contribution is -2.32. The Morgan fingerprint density at radius 2 is 2.12 bits per heavy atom. The zero-order chi connectivity index (χ0) is 12.6. The van der Waals surface area contributed by atoms with E-state index in [9.17, 15) is 13.2 Å². The van der Waals surface area contributed by atoms with Crippen LogP contribution in [0.15, 0.2) is 18.3 Å². The number of carbonyl (C=O) groups is 1. The van der Waals surface area contributed by atoms with Gasteiger partial charge in [-0.25, -0.2) is 18.2 Å². The highest BCUT2D eigenvalue weighted by Gasteiger charge is 2.35. The van der Waals surface area contributed by atoms with Crippen molar-refractivity contribution in [1.29, 1.82) is 0 Å². The summed E-state index contributed by atoms with van der Waals surface area (Å²) >= 11 is 0. The highest BCUT2D eigenvalue weighted by molar-refractivity contribution is 7.92. The number of rotatable bonds is 4. The summed E-state index contributed by atoms with van der Waals surface area (Å²) in [4.78, 5) is 14.5. The quantitative estimate of drug-likeness (QED) is 0.857. The molecule has 1 heterocycles. The first-order valence-corrected chi connectivity index (χ1v) is 6.93. The van der Waals surface area contributed by atoms with Crippen molar-refractivity contribution in [1.82, 2.24) is 4.98 Å². The molecule has 6 nitrogen and oxygen atoms in total. The van der Waals surface area contributed by atoms with Crippen LogP contribution in [0, 0.1) is 0 Å². The maximum absolute atomic E-state index is 11.6. The minimum absolute atomic E-state index is 0.0341.